The van der Waals surface area contributed by atoms with Crippen molar-refractivity contribution in [2.75, 3.05) is 7.11 Å². The number of methoxy groups -OCH3 is 1. The Kier molecular flexibility index (Phi) is 6.14. The van der Waals surface area contributed by atoms with Gasteiger partial charge in [-0.15, -0.1) is 5.10 Å². The van der Waals surface area contributed by atoms with Crippen molar-refractivity contribution in [1.29, 1.82) is 0 Å². The molecule has 0 spiro atoms. The number of benzene rings is 2. The van der Waals surface area contributed by atoms with Crippen LogP contribution in [-0.2, 0) is 18.7 Å². The van der Waals surface area contributed by atoms with E-state index in [9.17, 15) is 18.3 Å². The molecule has 2 aromatic heterocycles. The standard InChI is InChI=1S/C22H21F3N6O2/c1-14(20-7-8-30(27-20)11-15-3-6-18(24)21(9-15)33-2)22(32,12-31-13-26-28-29-31)17-5-4-16(23)10-19(17)25/h3-10,13-14,32H,11-12H2,1-2H3/t14-,22+/m0/s1. The first-order valence-electron chi connectivity index (χ1n) is 10.0. The zero-order chi connectivity index (χ0) is 23.6. The summed E-state index contributed by atoms with van der Waals surface area (Å²) in [6.07, 6.45) is 2.99. The summed E-state index contributed by atoms with van der Waals surface area (Å²) in [4.78, 5) is 0. The van der Waals surface area contributed by atoms with Crippen molar-refractivity contribution in [3.05, 3.63) is 89.3 Å². The van der Waals surface area contributed by atoms with Gasteiger partial charge in [0, 0.05) is 23.7 Å². The molecule has 8 nitrogen and oxygen atoms in total. The van der Waals surface area contributed by atoms with E-state index in [1.807, 2.05) is 0 Å². The molecule has 0 saturated carbocycles. The number of halogens is 3. The van der Waals surface area contributed by atoms with E-state index >= 15 is 0 Å². The molecule has 2 atom stereocenters. The third kappa shape index (κ3) is 4.58. The molecule has 0 amide bonds. The van der Waals surface area contributed by atoms with Gasteiger partial charge in [0.15, 0.2) is 11.6 Å². The van der Waals surface area contributed by atoms with E-state index in [1.165, 1.54) is 30.3 Å². The minimum atomic E-state index is -1.84. The second-order valence-electron chi connectivity index (χ2n) is 7.68. The van der Waals surface area contributed by atoms with Crippen LogP contribution < -0.4 is 4.74 Å². The highest BCUT2D eigenvalue weighted by Crippen LogP contribution is 2.39. The number of tetrazole rings is 1. The topological polar surface area (TPSA) is 90.9 Å². The molecule has 0 aliphatic rings. The van der Waals surface area contributed by atoms with Gasteiger partial charge in [-0.05, 0) is 40.3 Å². The molecule has 0 aliphatic heterocycles. The second-order valence-corrected chi connectivity index (χ2v) is 7.68. The van der Waals surface area contributed by atoms with Crippen LogP contribution in [-0.4, -0.2) is 42.2 Å². The van der Waals surface area contributed by atoms with Gasteiger partial charge in [0.2, 0.25) is 0 Å². The summed E-state index contributed by atoms with van der Waals surface area (Å²) in [5, 5.41) is 27.0. The predicted molar refractivity (Wildman–Crippen MR) is 111 cm³/mol. The Morgan fingerprint density at radius 3 is 2.58 bits per heavy atom. The van der Waals surface area contributed by atoms with Gasteiger partial charge in [0.1, 0.15) is 23.6 Å². The van der Waals surface area contributed by atoms with E-state index in [-0.39, 0.29) is 17.9 Å². The van der Waals surface area contributed by atoms with Gasteiger partial charge >= 0.3 is 0 Å². The molecule has 4 rings (SSSR count). The van der Waals surface area contributed by atoms with E-state index in [4.69, 9.17) is 4.74 Å². The Hall–Kier alpha value is -3.73. The van der Waals surface area contributed by atoms with E-state index in [0.717, 1.165) is 11.6 Å². The van der Waals surface area contributed by atoms with E-state index in [2.05, 4.69) is 20.6 Å². The van der Waals surface area contributed by atoms with Gasteiger partial charge in [-0.3, -0.25) is 4.68 Å². The Balaban J connectivity index is 1.65. The van der Waals surface area contributed by atoms with Crippen LogP contribution in [0.4, 0.5) is 13.2 Å². The van der Waals surface area contributed by atoms with Crippen molar-refractivity contribution in [2.45, 2.75) is 31.5 Å². The molecular weight excluding hydrogens is 437 g/mol. The van der Waals surface area contributed by atoms with Crippen molar-refractivity contribution in [3.63, 3.8) is 0 Å². The summed E-state index contributed by atoms with van der Waals surface area (Å²) in [5.41, 5.74) is -0.733. The fraction of sp³-hybridized carbons (Fsp3) is 0.273. The number of hydrogen-bond donors (Lipinski definition) is 1. The van der Waals surface area contributed by atoms with E-state index in [1.54, 1.807) is 36.0 Å². The number of nitrogens with zero attached hydrogens (tertiary/aromatic N) is 6. The fourth-order valence-corrected chi connectivity index (χ4v) is 3.73. The van der Waals surface area contributed by atoms with Crippen LogP contribution in [0.2, 0.25) is 0 Å². The highest BCUT2D eigenvalue weighted by Gasteiger charge is 2.41. The summed E-state index contributed by atoms with van der Waals surface area (Å²) in [6.45, 7) is 1.81. The molecule has 0 saturated heterocycles. The monoisotopic (exact) mass is 458 g/mol. The molecule has 0 aliphatic carbocycles. The number of ether oxygens (including phenoxy) is 1. The fourth-order valence-electron chi connectivity index (χ4n) is 3.73. The van der Waals surface area contributed by atoms with Gasteiger partial charge in [0.25, 0.3) is 0 Å². The van der Waals surface area contributed by atoms with Gasteiger partial charge in [-0.25, -0.2) is 17.9 Å². The molecular formula is C22H21F3N6O2. The van der Waals surface area contributed by atoms with Crippen LogP contribution >= 0.6 is 0 Å². The second kappa shape index (κ2) is 9.02. The lowest BCUT2D eigenvalue weighted by molar-refractivity contribution is -0.0128. The predicted octanol–water partition coefficient (Wildman–Crippen LogP) is 3.04. The summed E-state index contributed by atoms with van der Waals surface area (Å²) in [5.74, 6) is -2.73. The first-order chi connectivity index (χ1) is 15.8. The van der Waals surface area contributed by atoms with Crippen LogP contribution in [0.1, 0.15) is 29.7 Å². The van der Waals surface area contributed by atoms with Gasteiger partial charge in [-0.1, -0.05) is 19.1 Å². The average Bonchev–Trinajstić information content (AvgIpc) is 3.46. The third-order valence-corrected chi connectivity index (χ3v) is 5.57. The lowest BCUT2D eigenvalue weighted by atomic mass is 9.80. The molecule has 4 aromatic rings. The van der Waals surface area contributed by atoms with Crippen LogP contribution in [0.15, 0.2) is 55.0 Å². The summed E-state index contributed by atoms with van der Waals surface area (Å²) in [6, 6.07) is 9.18. The molecule has 11 heteroatoms. The highest BCUT2D eigenvalue weighted by molar-refractivity contribution is 5.31. The van der Waals surface area contributed by atoms with E-state index < -0.39 is 29.0 Å². The van der Waals surface area contributed by atoms with Crippen LogP contribution in [0.25, 0.3) is 0 Å². The smallest absolute Gasteiger partial charge is 0.165 e. The zero-order valence-electron chi connectivity index (χ0n) is 17.9. The van der Waals surface area contributed by atoms with Gasteiger partial charge in [-0.2, -0.15) is 5.10 Å². The van der Waals surface area contributed by atoms with Gasteiger partial charge in [0.05, 0.1) is 25.9 Å². The van der Waals surface area contributed by atoms with Gasteiger partial charge < -0.3 is 9.84 Å². The van der Waals surface area contributed by atoms with Crippen molar-refractivity contribution in [2.24, 2.45) is 0 Å². The van der Waals surface area contributed by atoms with Crippen molar-refractivity contribution >= 4 is 0 Å². The molecule has 33 heavy (non-hydrogen) atoms. The zero-order valence-corrected chi connectivity index (χ0v) is 17.9. The average molecular weight is 458 g/mol. The van der Waals surface area contributed by atoms with Crippen molar-refractivity contribution in [3.8, 4) is 5.75 Å². The molecule has 172 valence electrons. The highest BCUT2D eigenvalue weighted by atomic mass is 19.1. The Labute approximate surface area is 187 Å². The molecule has 0 unspecified atom stereocenters. The molecule has 2 heterocycles. The number of aromatic nitrogens is 6. The van der Waals surface area contributed by atoms with Crippen molar-refractivity contribution < 1.29 is 23.0 Å². The lowest BCUT2D eigenvalue weighted by Gasteiger charge is -2.33. The largest absolute Gasteiger partial charge is 0.494 e. The quantitative estimate of drug-likeness (QED) is 0.437. The van der Waals surface area contributed by atoms with Crippen LogP contribution in [0.5, 0.6) is 5.75 Å². The Morgan fingerprint density at radius 1 is 1.06 bits per heavy atom. The summed E-state index contributed by atoms with van der Waals surface area (Å²) < 4.78 is 49.8. The first kappa shape index (κ1) is 22.5. The maximum Gasteiger partial charge on any atom is 0.165 e. The number of hydrogen-bond acceptors (Lipinski definition) is 6. The normalized spacial score (nSPS) is 14.1. The van der Waals surface area contributed by atoms with Crippen LogP contribution in [0.3, 0.4) is 0 Å². The van der Waals surface area contributed by atoms with Crippen LogP contribution in [0, 0.1) is 17.5 Å². The molecule has 0 bridgehead atoms. The summed E-state index contributed by atoms with van der Waals surface area (Å²) in [7, 11) is 1.38. The Morgan fingerprint density at radius 2 is 1.88 bits per heavy atom. The Bertz CT molecular complexity index is 1250. The molecule has 0 radical (unpaired) electrons. The number of rotatable bonds is 8. The van der Waals surface area contributed by atoms with Crippen molar-refractivity contribution in [1.82, 2.24) is 30.0 Å². The molecule has 1 N–H and O–H groups in total. The van der Waals surface area contributed by atoms with E-state index in [0.29, 0.717) is 18.3 Å². The first-order valence-corrected chi connectivity index (χ1v) is 10.0. The minimum absolute atomic E-state index is 0.107. The third-order valence-electron chi connectivity index (χ3n) is 5.57. The number of aliphatic hydroxyl groups is 1. The molecule has 2 aromatic carbocycles. The minimum Gasteiger partial charge on any atom is -0.494 e. The maximum atomic E-state index is 14.7. The maximum absolute atomic E-state index is 14.7. The summed E-state index contributed by atoms with van der Waals surface area (Å²) >= 11 is 0. The lowest BCUT2D eigenvalue weighted by Crippen LogP contribution is -2.38. The molecule has 0 fully saturated rings. The SMILES string of the molecule is COc1cc(Cn2ccc([C@H](C)[C@](O)(Cn3cnnn3)c3ccc(F)cc3F)n2)ccc1F.